The van der Waals surface area contributed by atoms with Gasteiger partial charge in [-0.25, -0.2) is 0 Å². The molecule has 2 aromatic rings. The fourth-order valence-corrected chi connectivity index (χ4v) is 2.29. The Bertz CT molecular complexity index is 569. The van der Waals surface area contributed by atoms with Crippen molar-refractivity contribution in [1.82, 2.24) is 10.3 Å². The summed E-state index contributed by atoms with van der Waals surface area (Å²) in [5, 5.41) is 4.23. The first-order valence-electron chi connectivity index (χ1n) is 6.89. The minimum absolute atomic E-state index is 0.144. The molecular weight excluding hydrogens is 236 g/mol. The molecular formula is C16H22N2O. The Morgan fingerprint density at radius 2 is 2.16 bits per heavy atom. The smallest absolute Gasteiger partial charge is 0.220 e. The van der Waals surface area contributed by atoms with E-state index in [1.165, 1.54) is 22.0 Å². The number of fused-ring (bicyclic) bond motifs is 1. The lowest BCUT2D eigenvalue weighted by Crippen LogP contribution is -2.26. The van der Waals surface area contributed by atoms with Crippen LogP contribution in [0.1, 0.15) is 31.4 Å². The van der Waals surface area contributed by atoms with Gasteiger partial charge in [0.15, 0.2) is 0 Å². The lowest BCUT2D eigenvalue weighted by molar-refractivity contribution is -0.121. The third-order valence-electron chi connectivity index (χ3n) is 3.23. The number of hydrogen-bond acceptors (Lipinski definition) is 1. The van der Waals surface area contributed by atoms with Crippen molar-refractivity contribution in [2.75, 3.05) is 6.54 Å². The number of amides is 1. The Balaban J connectivity index is 1.93. The second-order valence-corrected chi connectivity index (χ2v) is 5.56. The topological polar surface area (TPSA) is 44.9 Å². The fraction of sp³-hybridized carbons (Fsp3) is 0.438. The highest BCUT2D eigenvalue weighted by atomic mass is 16.1. The first-order chi connectivity index (χ1) is 9.06. The molecule has 0 aliphatic carbocycles. The van der Waals surface area contributed by atoms with Crippen molar-refractivity contribution >= 4 is 16.8 Å². The van der Waals surface area contributed by atoms with Crippen LogP contribution in [-0.4, -0.2) is 17.4 Å². The molecule has 1 aromatic carbocycles. The van der Waals surface area contributed by atoms with Crippen LogP contribution in [0.5, 0.6) is 0 Å². The molecule has 0 spiro atoms. The summed E-state index contributed by atoms with van der Waals surface area (Å²) in [5.41, 5.74) is 3.69. The van der Waals surface area contributed by atoms with Crippen molar-refractivity contribution in [2.24, 2.45) is 5.92 Å². The zero-order chi connectivity index (χ0) is 13.8. The van der Waals surface area contributed by atoms with Gasteiger partial charge in [0.05, 0.1) is 0 Å². The summed E-state index contributed by atoms with van der Waals surface area (Å²) in [6.45, 7) is 6.90. The zero-order valence-electron chi connectivity index (χ0n) is 11.9. The Hall–Kier alpha value is -1.77. The van der Waals surface area contributed by atoms with Gasteiger partial charge in [0.25, 0.3) is 0 Å². The van der Waals surface area contributed by atoms with E-state index in [0.29, 0.717) is 18.9 Å². The van der Waals surface area contributed by atoms with Crippen LogP contribution in [0.25, 0.3) is 10.9 Å². The highest BCUT2D eigenvalue weighted by Crippen LogP contribution is 2.19. The highest BCUT2D eigenvalue weighted by molar-refractivity contribution is 5.84. The summed E-state index contributed by atoms with van der Waals surface area (Å²) in [7, 11) is 0. The predicted octanol–water partition coefficient (Wildman–Crippen LogP) is 3.18. The molecule has 102 valence electrons. The van der Waals surface area contributed by atoms with E-state index >= 15 is 0 Å². The number of aryl methyl sites for hydroxylation is 1. The molecule has 0 radical (unpaired) electrons. The number of aromatic amines is 1. The number of H-pyrrole nitrogens is 1. The van der Waals surface area contributed by atoms with Crippen LogP contribution in [0, 0.1) is 12.8 Å². The molecule has 0 unspecified atom stereocenters. The van der Waals surface area contributed by atoms with E-state index in [1.54, 1.807) is 0 Å². The van der Waals surface area contributed by atoms with Crippen LogP contribution >= 0.6 is 0 Å². The average Bonchev–Trinajstić information content (AvgIpc) is 2.70. The Morgan fingerprint density at radius 3 is 2.89 bits per heavy atom. The Labute approximate surface area is 114 Å². The summed E-state index contributed by atoms with van der Waals surface area (Å²) in [5.74, 6) is 0.557. The molecule has 0 fully saturated rings. The lowest BCUT2D eigenvalue weighted by atomic mass is 10.1. The number of benzene rings is 1. The highest BCUT2D eigenvalue weighted by Gasteiger charge is 2.06. The predicted molar refractivity (Wildman–Crippen MR) is 79.2 cm³/mol. The van der Waals surface area contributed by atoms with Crippen LogP contribution in [-0.2, 0) is 11.2 Å². The summed E-state index contributed by atoms with van der Waals surface area (Å²) in [6, 6.07) is 6.42. The van der Waals surface area contributed by atoms with E-state index in [0.717, 1.165) is 6.42 Å². The second kappa shape index (κ2) is 5.91. The van der Waals surface area contributed by atoms with Gasteiger partial charge in [0.1, 0.15) is 0 Å². The van der Waals surface area contributed by atoms with Gasteiger partial charge < -0.3 is 10.3 Å². The van der Waals surface area contributed by atoms with E-state index in [9.17, 15) is 4.79 Å². The number of aromatic nitrogens is 1. The third kappa shape index (κ3) is 3.60. The van der Waals surface area contributed by atoms with Gasteiger partial charge in [0, 0.05) is 30.1 Å². The van der Waals surface area contributed by atoms with Crippen LogP contribution in [0.3, 0.4) is 0 Å². The molecule has 2 rings (SSSR count). The number of nitrogens with one attached hydrogen (secondary N) is 2. The van der Waals surface area contributed by atoms with E-state index in [4.69, 9.17) is 0 Å². The van der Waals surface area contributed by atoms with Crippen molar-refractivity contribution in [1.29, 1.82) is 0 Å². The Kier molecular flexibility index (Phi) is 4.25. The standard InChI is InChI=1S/C16H22N2O/c1-11(2)8-16(19)17-7-6-13-10-18-15-9-12(3)4-5-14(13)15/h4-5,9-11,18H,6-8H2,1-3H3,(H,17,19). The number of carbonyl (C=O) groups excluding carboxylic acids is 1. The molecule has 0 aliphatic heterocycles. The van der Waals surface area contributed by atoms with Gasteiger partial charge in [-0.1, -0.05) is 26.0 Å². The third-order valence-corrected chi connectivity index (χ3v) is 3.23. The molecule has 0 saturated heterocycles. The lowest BCUT2D eigenvalue weighted by Gasteiger charge is -2.06. The second-order valence-electron chi connectivity index (χ2n) is 5.56. The van der Waals surface area contributed by atoms with E-state index in [-0.39, 0.29) is 5.91 Å². The first kappa shape index (κ1) is 13.7. The van der Waals surface area contributed by atoms with Crippen LogP contribution in [0.15, 0.2) is 24.4 Å². The molecule has 1 heterocycles. The fourth-order valence-electron chi connectivity index (χ4n) is 2.29. The van der Waals surface area contributed by atoms with E-state index in [1.807, 2.05) is 6.20 Å². The number of carbonyl (C=O) groups is 1. The minimum Gasteiger partial charge on any atom is -0.361 e. The molecule has 3 heteroatoms. The molecule has 1 aromatic heterocycles. The van der Waals surface area contributed by atoms with Crippen molar-refractivity contribution in [3.63, 3.8) is 0 Å². The molecule has 0 aliphatic rings. The van der Waals surface area contributed by atoms with Crippen molar-refractivity contribution in [3.8, 4) is 0 Å². The quantitative estimate of drug-likeness (QED) is 0.850. The molecule has 0 bridgehead atoms. The van der Waals surface area contributed by atoms with Crippen molar-refractivity contribution in [2.45, 2.75) is 33.6 Å². The van der Waals surface area contributed by atoms with Crippen LogP contribution in [0.2, 0.25) is 0 Å². The monoisotopic (exact) mass is 258 g/mol. The summed E-state index contributed by atoms with van der Waals surface area (Å²) in [4.78, 5) is 14.9. The largest absolute Gasteiger partial charge is 0.361 e. The maximum atomic E-state index is 11.6. The average molecular weight is 258 g/mol. The molecule has 0 saturated carbocycles. The summed E-state index contributed by atoms with van der Waals surface area (Å²) >= 11 is 0. The van der Waals surface area contributed by atoms with Crippen LogP contribution in [0.4, 0.5) is 0 Å². The molecule has 19 heavy (non-hydrogen) atoms. The summed E-state index contributed by atoms with van der Waals surface area (Å²) in [6.07, 6.45) is 3.51. The molecule has 3 nitrogen and oxygen atoms in total. The van der Waals surface area contributed by atoms with Gasteiger partial charge in [0.2, 0.25) is 5.91 Å². The number of rotatable bonds is 5. The van der Waals surface area contributed by atoms with E-state index < -0.39 is 0 Å². The molecule has 1 amide bonds. The van der Waals surface area contributed by atoms with Gasteiger partial charge in [-0.3, -0.25) is 4.79 Å². The van der Waals surface area contributed by atoms with Gasteiger partial charge in [-0.2, -0.15) is 0 Å². The van der Waals surface area contributed by atoms with Gasteiger partial charge in [-0.15, -0.1) is 0 Å². The zero-order valence-corrected chi connectivity index (χ0v) is 11.9. The van der Waals surface area contributed by atoms with Crippen molar-refractivity contribution < 1.29 is 4.79 Å². The maximum Gasteiger partial charge on any atom is 0.220 e. The van der Waals surface area contributed by atoms with Gasteiger partial charge in [-0.05, 0) is 36.5 Å². The van der Waals surface area contributed by atoms with Crippen molar-refractivity contribution in [3.05, 3.63) is 35.5 Å². The molecule has 0 atom stereocenters. The minimum atomic E-state index is 0.144. The normalized spacial score (nSPS) is 11.2. The Morgan fingerprint density at radius 1 is 1.37 bits per heavy atom. The van der Waals surface area contributed by atoms with Gasteiger partial charge >= 0.3 is 0 Å². The molecule has 2 N–H and O–H groups in total. The SMILES string of the molecule is Cc1ccc2c(CCNC(=O)CC(C)C)c[nH]c2c1. The van der Waals surface area contributed by atoms with Crippen LogP contribution < -0.4 is 5.32 Å². The summed E-state index contributed by atoms with van der Waals surface area (Å²) < 4.78 is 0. The first-order valence-corrected chi connectivity index (χ1v) is 6.89. The van der Waals surface area contributed by atoms with E-state index in [2.05, 4.69) is 49.3 Å². The number of hydrogen-bond donors (Lipinski definition) is 2. The maximum absolute atomic E-state index is 11.6.